The van der Waals surface area contributed by atoms with Crippen LogP contribution in [0.25, 0.3) is 0 Å². The average molecular weight is 300 g/mol. The van der Waals surface area contributed by atoms with Crippen LogP contribution in [0.2, 0.25) is 0 Å². The summed E-state index contributed by atoms with van der Waals surface area (Å²) < 4.78 is 0. The fourth-order valence-corrected chi connectivity index (χ4v) is 2.86. The molecule has 2 amide bonds. The van der Waals surface area contributed by atoms with Gasteiger partial charge in [-0.25, -0.2) is 5.43 Å². The first-order valence-electron chi connectivity index (χ1n) is 7.64. The molecule has 0 aromatic heterocycles. The third-order valence-corrected chi connectivity index (χ3v) is 4.08. The number of nitrogens with one attached hydrogen (secondary N) is 3. The number of carbonyl (C=O) groups excluding carboxylic acids is 2. The molecule has 22 heavy (non-hydrogen) atoms. The number of anilines is 1. The van der Waals surface area contributed by atoms with E-state index in [1.165, 1.54) is 0 Å². The topological polar surface area (TPSA) is 82.6 Å². The lowest BCUT2D eigenvalue weighted by molar-refractivity contribution is -0.122. The maximum atomic E-state index is 12.0. The molecule has 2 heterocycles. The van der Waals surface area contributed by atoms with Crippen molar-refractivity contribution < 1.29 is 9.59 Å². The summed E-state index contributed by atoms with van der Waals surface area (Å²) in [4.78, 5) is 23.3. The van der Waals surface area contributed by atoms with Gasteiger partial charge >= 0.3 is 0 Å². The maximum Gasteiger partial charge on any atom is 0.241 e. The molecule has 0 spiro atoms. The highest BCUT2D eigenvalue weighted by molar-refractivity contribution is 6.06. The number of hydrazone groups is 1. The summed E-state index contributed by atoms with van der Waals surface area (Å²) in [6.45, 7) is 2.89. The summed E-state index contributed by atoms with van der Waals surface area (Å²) in [6.07, 6.45) is 2.38. The Hall–Kier alpha value is -2.21. The van der Waals surface area contributed by atoms with Crippen molar-refractivity contribution in [2.75, 3.05) is 11.9 Å². The van der Waals surface area contributed by atoms with Gasteiger partial charge < -0.3 is 10.6 Å². The van der Waals surface area contributed by atoms with E-state index >= 15 is 0 Å². The Kier molecular flexibility index (Phi) is 4.20. The first-order chi connectivity index (χ1) is 10.6. The van der Waals surface area contributed by atoms with Crippen molar-refractivity contribution in [2.45, 2.75) is 32.2 Å². The van der Waals surface area contributed by atoms with Crippen molar-refractivity contribution in [1.82, 2.24) is 10.7 Å². The second-order valence-electron chi connectivity index (χ2n) is 5.85. The summed E-state index contributed by atoms with van der Waals surface area (Å²) in [5.41, 5.74) is 5.12. The van der Waals surface area contributed by atoms with Crippen LogP contribution in [0.15, 0.2) is 29.4 Å². The van der Waals surface area contributed by atoms with Crippen molar-refractivity contribution in [2.24, 2.45) is 11.0 Å². The minimum atomic E-state index is -0.0855. The number of benzene rings is 1. The Morgan fingerprint density at radius 2 is 2.09 bits per heavy atom. The number of rotatable bonds is 3. The first-order valence-corrected chi connectivity index (χ1v) is 7.64. The Bertz CT molecular complexity index is 603. The van der Waals surface area contributed by atoms with Crippen LogP contribution in [0.5, 0.6) is 0 Å². The number of hydrogen-bond donors (Lipinski definition) is 3. The van der Waals surface area contributed by atoms with Crippen LogP contribution < -0.4 is 16.1 Å². The van der Waals surface area contributed by atoms with Crippen LogP contribution in [0.1, 0.15) is 31.7 Å². The zero-order chi connectivity index (χ0) is 15.5. The van der Waals surface area contributed by atoms with E-state index < -0.39 is 0 Å². The molecule has 0 saturated carbocycles. The first kappa shape index (κ1) is 14.7. The Morgan fingerprint density at radius 1 is 1.32 bits per heavy atom. The fourth-order valence-electron chi connectivity index (χ4n) is 2.86. The highest BCUT2D eigenvalue weighted by Crippen LogP contribution is 2.19. The van der Waals surface area contributed by atoms with Gasteiger partial charge in [-0.3, -0.25) is 9.59 Å². The van der Waals surface area contributed by atoms with Gasteiger partial charge in [-0.2, -0.15) is 5.10 Å². The van der Waals surface area contributed by atoms with Gasteiger partial charge in [-0.1, -0.05) is 19.1 Å². The van der Waals surface area contributed by atoms with Gasteiger partial charge in [0.15, 0.2) is 0 Å². The van der Waals surface area contributed by atoms with Gasteiger partial charge in [0.25, 0.3) is 0 Å². The van der Waals surface area contributed by atoms with Crippen LogP contribution in [0, 0.1) is 5.92 Å². The Balaban J connectivity index is 1.67. The zero-order valence-corrected chi connectivity index (χ0v) is 12.6. The van der Waals surface area contributed by atoms with Gasteiger partial charge in [-0.15, -0.1) is 0 Å². The molecule has 6 heteroatoms. The molecule has 0 bridgehead atoms. The second kappa shape index (κ2) is 6.27. The molecular weight excluding hydrogens is 280 g/mol. The fraction of sp³-hybridized carbons (Fsp3) is 0.438. The molecule has 1 aromatic carbocycles. The molecule has 1 unspecified atom stereocenters. The van der Waals surface area contributed by atoms with E-state index in [9.17, 15) is 9.59 Å². The quantitative estimate of drug-likeness (QED) is 0.785. The van der Waals surface area contributed by atoms with Crippen molar-refractivity contribution in [3.05, 3.63) is 29.8 Å². The summed E-state index contributed by atoms with van der Waals surface area (Å²) in [5, 5.41) is 10.2. The van der Waals surface area contributed by atoms with E-state index in [1.807, 2.05) is 31.2 Å². The molecular formula is C16H20N4O2. The predicted molar refractivity (Wildman–Crippen MR) is 84.6 cm³/mol. The van der Waals surface area contributed by atoms with E-state index in [-0.39, 0.29) is 23.8 Å². The number of amides is 2. The lowest BCUT2D eigenvalue weighted by Crippen LogP contribution is -2.35. The second-order valence-corrected chi connectivity index (χ2v) is 5.85. The van der Waals surface area contributed by atoms with Crippen molar-refractivity contribution in [3.63, 3.8) is 0 Å². The molecule has 2 aliphatic heterocycles. The zero-order valence-electron chi connectivity index (χ0n) is 12.6. The molecule has 0 aliphatic carbocycles. The van der Waals surface area contributed by atoms with Crippen molar-refractivity contribution in [3.8, 4) is 0 Å². The SMILES string of the molecule is CC1CC(=O)NN=C1c1ccc(NC(=O)[C@@H]2CCCN2)cc1. The minimum Gasteiger partial charge on any atom is -0.325 e. The highest BCUT2D eigenvalue weighted by atomic mass is 16.2. The van der Waals surface area contributed by atoms with Crippen LogP contribution in [-0.4, -0.2) is 30.1 Å². The van der Waals surface area contributed by atoms with Gasteiger partial charge in [0, 0.05) is 18.0 Å². The molecule has 2 aliphatic rings. The molecule has 2 atom stereocenters. The number of nitrogens with zero attached hydrogens (tertiary/aromatic N) is 1. The molecule has 1 aromatic rings. The summed E-state index contributed by atoms with van der Waals surface area (Å²) in [6, 6.07) is 7.49. The molecule has 6 nitrogen and oxygen atoms in total. The number of hydrogen-bond acceptors (Lipinski definition) is 4. The lowest BCUT2D eigenvalue weighted by Gasteiger charge is -2.19. The Labute approximate surface area is 129 Å². The number of carbonyl (C=O) groups is 2. The van der Waals surface area contributed by atoms with E-state index in [2.05, 4.69) is 21.2 Å². The smallest absolute Gasteiger partial charge is 0.241 e. The van der Waals surface area contributed by atoms with Gasteiger partial charge in [0.05, 0.1) is 11.8 Å². The highest BCUT2D eigenvalue weighted by Gasteiger charge is 2.23. The van der Waals surface area contributed by atoms with Crippen molar-refractivity contribution >= 4 is 23.2 Å². The van der Waals surface area contributed by atoms with E-state index in [0.29, 0.717) is 6.42 Å². The summed E-state index contributed by atoms with van der Waals surface area (Å²) in [7, 11) is 0. The lowest BCUT2D eigenvalue weighted by atomic mass is 9.94. The van der Waals surface area contributed by atoms with Crippen LogP contribution in [-0.2, 0) is 9.59 Å². The molecule has 0 radical (unpaired) electrons. The van der Waals surface area contributed by atoms with Crippen LogP contribution in [0.3, 0.4) is 0 Å². The monoisotopic (exact) mass is 300 g/mol. The largest absolute Gasteiger partial charge is 0.325 e. The van der Waals surface area contributed by atoms with E-state index in [1.54, 1.807) is 0 Å². The van der Waals surface area contributed by atoms with Crippen molar-refractivity contribution in [1.29, 1.82) is 0 Å². The molecule has 1 saturated heterocycles. The average Bonchev–Trinajstić information content (AvgIpc) is 3.03. The normalized spacial score (nSPS) is 24.6. The molecule has 116 valence electrons. The third-order valence-electron chi connectivity index (χ3n) is 4.08. The Morgan fingerprint density at radius 3 is 2.73 bits per heavy atom. The van der Waals surface area contributed by atoms with Gasteiger partial charge in [-0.05, 0) is 37.1 Å². The van der Waals surface area contributed by atoms with E-state index in [0.717, 1.165) is 36.3 Å². The summed E-state index contributed by atoms with van der Waals surface area (Å²) >= 11 is 0. The van der Waals surface area contributed by atoms with Gasteiger partial charge in [0.2, 0.25) is 11.8 Å². The maximum absolute atomic E-state index is 12.0. The van der Waals surface area contributed by atoms with Gasteiger partial charge in [0.1, 0.15) is 0 Å². The standard InChI is InChI=1S/C16H20N4O2/c1-10-9-14(21)19-20-15(10)11-4-6-12(7-5-11)18-16(22)13-3-2-8-17-13/h4-7,10,13,17H,2-3,8-9H2,1H3,(H,18,22)(H,19,21)/t10?,13-/m0/s1. The summed E-state index contributed by atoms with van der Waals surface area (Å²) in [5.74, 6) is 0.0574. The molecule has 1 fully saturated rings. The van der Waals surface area contributed by atoms with Crippen LogP contribution >= 0.6 is 0 Å². The molecule has 3 N–H and O–H groups in total. The predicted octanol–water partition coefficient (Wildman–Crippen LogP) is 1.24. The third kappa shape index (κ3) is 3.17. The van der Waals surface area contributed by atoms with E-state index in [4.69, 9.17) is 0 Å². The molecule has 3 rings (SSSR count). The van der Waals surface area contributed by atoms with Crippen LogP contribution in [0.4, 0.5) is 5.69 Å². The minimum absolute atomic E-state index is 0.0147.